The molecule has 3 rings (SSSR count). The molecular weight excluding hydrogens is 354 g/mol. The Kier molecular flexibility index (Phi) is 6.46. The fourth-order valence-electron chi connectivity index (χ4n) is 2.72. The van der Waals surface area contributed by atoms with Crippen LogP contribution in [0, 0.1) is 0 Å². The number of carbonyl (C=O) groups excluding carboxylic acids is 1. The van der Waals surface area contributed by atoms with Crippen molar-refractivity contribution in [2.45, 2.75) is 13.5 Å². The van der Waals surface area contributed by atoms with Gasteiger partial charge >= 0.3 is 0 Å². The van der Waals surface area contributed by atoms with E-state index in [1.54, 1.807) is 25.4 Å². The van der Waals surface area contributed by atoms with E-state index in [0.29, 0.717) is 24.5 Å². The molecule has 0 fully saturated rings. The van der Waals surface area contributed by atoms with Gasteiger partial charge in [0.05, 0.1) is 13.7 Å². The summed E-state index contributed by atoms with van der Waals surface area (Å²) in [6.45, 7) is 2.95. The van der Waals surface area contributed by atoms with Crippen molar-refractivity contribution in [2.75, 3.05) is 19.0 Å². The number of ether oxygens (including phenoxy) is 2. The third-order valence-electron chi connectivity index (χ3n) is 4.09. The van der Waals surface area contributed by atoms with Crippen LogP contribution in [0.4, 0.5) is 11.5 Å². The van der Waals surface area contributed by atoms with Crippen LogP contribution in [0.25, 0.3) is 0 Å². The van der Waals surface area contributed by atoms with Crippen molar-refractivity contribution in [1.82, 2.24) is 10.3 Å². The fourth-order valence-corrected chi connectivity index (χ4v) is 2.72. The molecule has 0 aliphatic carbocycles. The average molecular weight is 377 g/mol. The van der Waals surface area contributed by atoms with Crippen LogP contribution in [-0.4, -0.2) is 24.6 Å². The standard InChI is InChI=1S/C22H23N3O3/c1-3-28-19-10-8-18(9-11-19)25-21-14-16(12-13-23-21)22(26)24-15-17-6-4-5-7-20(17)27-2/h4-14H,3,15H2,1-2H3,(H,23,25)(H,24,26). The molecule has 1 heterocycles. The number of hydrogen-bond donors (Lipinski definition) is 2. The zero-order valence-electron chi connectivity index (χ0n) is 15.9. The van der Waals surface area contributed by atoms with E-state index in [-0.39, 0.29) is 5.91 Å². The Bertz CT molecular complexity index is 926. The van der Waals surface area contributed by atoms with Crippen molar-refractivity contribution >= 4 is 17.4 Å². The van der Waals surface area contributed by atoms with Crippen molar-refractivity contribution in [3.05, 3.63) is 78.0 Å². The highest BCUT2D eigenvalue weighted by atomic mass is 16.5. The summed E-state index contributed by atoms with van der Waals surface area (Å²) in [7, 11) is 1.61. The van der Waals surface area contributed by atoms with Gasteiger partial charge in [0, 0.05) is 29.6 Å². The van der Waals surface area contributed by atoms with Gasteiger partial charge in [-0.2, -0.15) is 0 Å². The number of carbonyl (C=O) groups is 1. The Hall–Kier alpha value is -3.54. The lowest BCUT2D eigenvalue weighted by Crippen LogP contribution is -2.23. The molecule has 0 atom stereocenters. The van der Waals surface area contributed by atoms with Crippen molar-refractivity contribution < 1.29 is 14.3 Å². The molecule has 2 aromatic carbocycles. The van der Waals surface area contributed by atoms with Gasteiger partial charge in [-0.25, -0.2) is 4.98 Å². The first-order chi connectivity index (χ1) is 13.7. The molecule has 0 unspecified atom stereocenters. The first-order valence-corrected chi connectivity index (χ1v) is 9.05. The minimum atomic E-state index is -0.178. The summed E-state index contributed by atoms with van der Waals surface area (Å²) in [5.41, 5.74) is 2.31. The predicted molar refractivity (Wildman–Crippen MR) is 109 cm³/mol. The molecule has 1 aromatic heterocycles. The van der Waals surface area contributed by atoms with E-state index in [0.717, 1.165) is 22.7 Å². The van der Waals surface area contributed by atoms with E-state index in [9.17, 15) is 4.79 Å². The number of para-hydroxylation sites is 1. The van der Waals surface area contributed by atoms with E-state index >= 15 is 0 Å². The Balaban J connectivity index is 1.64. The normalized spacial score (nSPS) is 10.2. The number of aromatic nitrogens is 1. The van der Waals surface area contributed by atoms with Crippen LogP contribution >= 0.6 is 0 Å². The van der Waals surface area contributed by atoms with Crippen LogP contribution in [0.1, 0.15) is 22.8 Å². The Labute approximate surface area is 164 Å². The molecule has 6 heteroatoms. The zero-order chi connectivity index (χ0) is 19.8. The molecule has 0 radical (unpaired) electrons. The van der Waals surface area contributed by atoms with Crippen LogP contribution in [0.3, 0.4) is 0 Å². The topological polar surface area (TPSA) is 72.5 Å². The minimum Gasteiger partial charge on any atom is -0.496 e. The van der Waals surface area contributed by atoms with E-state index < -0.39 is 0 Å². The monoisotopic (exact) mass is 377 g/mol. The number of methoxy groups -OCH3 is 1. The van der Waals surface area contributed by atoms with E-state index in [1.165, 1.54) is 0 Å². The van der Waals surface area contributed by atoms with Crippen molar-refractivity contribution in [1.29, 1.82) is 0 Å². The van der Waals surface area contributed by atoms with Gasteiger partial charge in [-0.05, 0) is 49.4 Å². The maximum absolute atomic E-state index is 12.5. The van der Waals surface area contributed by atoms with Gasteiger partial charge in [-0.15, -0.1) is 0 Å². The van der Waals surface area contributed by atoms with Gasteiger partial charge in [0.2, 0.25) is 0 Å². The zero-order valence-corrected chi connectivity index (χ0v) is 15.9. The number of anilines is 2. The van der Waals surface area contributed by atoms with Crippen LogP contribution in [0.5, 0.6) is 11.5 Å². The van der Waals surface area contributed by atoms with Crippen LogP contribution in [0.2, 0.25) is 0 Å². The lowest BCUT2D eigenvalue weighted by Gasteiger charge is -2.11. The summed E-state index contributed by atoms with van der Waals surface area (Å²) in [6.07, 6.45) is 1.61. The van der Waals surface area contributed by atoms with Crippen LogP contribution < -0.4 is 20.1 Å². The molecule has 0 spiro atoms. The lowest BCUT2D eigenvalue weighted by atomic mass is 10.2. The number of pyridine rings is 1. The smallest absolute Gasteiger partial charge is 0.251 e. The van der Waals surface area contributed by atoms with E-state index in [1.807, 2.05) is 55.5 Å². The van der Waals surface area contributed by atoms with Gasteiger partial charge in [0.15, 0.2) is 0 Å². The van der Waals surface area contributed by atoms with Crippen molar-refractivity contribution in [3.8, 4) is 11.5 Å². The molecule has 28 heavy (non-hydrogen) atoms. The third kappa shape index (κ3) is 5.01. The lowest BCUT2D eigenvalue weighted by molar-refractivity contribution is 0.0950. The van der Waals surface area contributed by atoms with E-state index in [4.69, 9.17) is 9.47 Å². The first kappa shape index (κ1) is 19.2. The first-order valence-electron chi connectivity index (χ1n) is 9.05. The van der Waals surface area contributed by atoms with Crippen LogP contribution in [0.15, 0.2) is 66.9 Å². The second-order valence-corrected chi connectivity index (χ2v) is 6.01. The largest absolute Gasteiger partial charge is 0.496 e. The summed E-state index contributed by atoms with van der Waals surface area (Å²) in [4.78, 5) is 16.8. The molecule has 0 bridgehead atoms. The fraction of sp³-hybridized carbons (Fsp3) is 0.182. The molecule has 1 amide bonds. The minimum absolute atomic E-state index is 0.178. The maximum Gasteiger partial charge on any atom is 0.251 e. The van der Waals surface area contributed by atoms with Crippen molar-refractivity contribution in [2.24, 2.45) is 0 Å². The highest BCUT2D eigenvalue weighted by Crippen LogP contribution is 2.20. The highest BCUT2D eigenvalue weighted by Gasteiger charge is 2.09. The van der Waals surface area contributed by atoms with Crippen LogP contribution in [-0.2, 0) is 6.54 Å². The van der Waals surface area contributed by atoms with Crippen molar-refractivity contribution in [3.63, 3.8) is 0 Å². The Morgan fingerprint density at radius 2 is 1.86 bits per heavy atom. The molecule has 0 saturated heterocycles. The second-order valence-electron chi connectivity index (χ2n) is 6.01. The summed E-state index contributed by atoms with van der Waals surface area (Å²) >= 11 is 0. The average Bonchev–Trinajstić information content (AvgIpc) is 2.74. The summed E-state index contributed by atoms with van der Waals surface area (Å²) < 4.78 is 10.7. The van der Waals surface area contributed by atoms with Gasteiger partial charge in [0.25, 0.3) is 5.91 Å². The second kappa shape index (κ2) is 9.41. The molecule has 0 saturated carbocycles. The Morgan fingerprint density at radius 1 is 1.07 bits per heavy atom. The molecule has 144 valence electrons. The Morgan fingerprint density at radius 3 is 2.61 bits per heavy atom. The number of benzene rings is 2. The third-order valence-corrected chi connectivity index (χ3v) is 4.09. The molecular formula is C22H23N3O3. The predicted octanol–water partition coefficient (Wildman–Crippen LogP) is 4.16. The SMILES string of the molecule is CCOc1ccc(Nc2cc(C(=O)NCc3ccccc3OC)ccn2)cc1. The van der Waals surface area contributed by atoms with Gasteiger partial charge in [0.1, 0.15) is 17.3 Å². The number of hydrogen-bond acceptors (Lipinski definition) is 5. The summed E-state index contributed by atoms with van der Waals surface area (Å²) in [6, 6.07) is 18.6. The maximum atomic E-state index is 12.5. The number of nitrogens with zero attached hydrogens (tertiary/aromatic N) is 1. The molecule has 2 N–H and O–H groups in total. The molecule has 3 aromatic rings. The molecule has 6 nitrogen and oxygen atoms in total. The number of amides is 1. The quantitative estimate of drug-likeness (QED) is 0.617. The molecule has 0 aliphatic rings. The van der Waals surface area contributed by atoms with Gasteiger partial charge in [-0.3, -0.25) is 4.79 Å². The molecule has 0 aliphatic heterocycles. The number of rotatable bonds is 8. The van der Waals surface area contributed by atoms with Gasteiger partial charge in [-0.1, -0.05) is 18.2 Å². The van der Waals surface area contributed by atoms with E-state index in [2.05, 4.69) is 15.6 Å². The summed E-state index contributed by atoms with van der Waals surface area (Å²) in [5, 5.41) is 6.11. The van der Waals surface area contributed by atoms with Gasteiger partial charge < -0.3 is 20.1 Å². The summed E-state index contributed by atoms with van der Waals surface area (Å²) in [5.74, 6) is 1.97. The number of nitrogens with one attached hydrogen (secondary N) is 2. The highest BCUT2D eigenvalue weighted by molar-refractivity contribution is 5.94.